The van der Waals surface area contributed by atoms with E-state index >= 15 is 0 Å². The number of pyridine rings is 3. The molecule has 2 aliphatic heterocycles. The van der Waals surface area contributed by atoms with Crippen LogP contribution in [0, 0.1) is 85.3 Å². The van der Waals surface area contributed by atoms with Crippen LogP contribution in [-0.2, 0) is 0 Å². The number of nitrogens with one attached hydrogen (secondary N) is 2. The van der Waals surface area contributed by atoms with Crippen molar-refractivity contribution in [2.24, 2.45) is 9.98 Å². The number of hydrogen-bond acceptors (Lipinski definition) is 14. The molecule has 0 unspecified atom stereocenters. The Balaban J connectivity index is 0.000000130. The number of benzene rings is 7. The molecule has 13 rings (SSSR count). The molecule has 11 aromatic rings. The molecule has 0 radical (unpaired) electrons. The summed E-state index contributed by atoms with van der Waals surface area (Å²) in [6.07, 6.45) is 5.19. The Kier molecular flexibility index (Phi) is 18.6. The lowest BCUT2D eigenvalue weighted by Gasteiger charge is -2.04. The van der Waals surface area contributed by atoms with Gasteiger partial charge in [-0.25, -0.2) is 19.3 Å². The van der Waals surface area contributed by atoms with E-state index in [0.717, 1.165) is 131 Å². The number of anilines is 4. The van der Waals surface area contributed by atoms with E-state index in [2.05, 4.69) is 105 Å². The van der Waals surface area contributed by atoms with Crippen molar-refractivity contribution in [3.63, 3.8) is 0 Å². The third-order valence-corrected chi connectivity index (χ3v) is 13.9. The summed E-state index contributed by atoms with van der Waals surface area (Å²) in [7, 11) is 0. The van der Waals surface area contributed by atoms with Crippen molar-refractivity contribution in [1.82, 2.24) is 35.8 Å². The van der Waals surface area contributed by atoms with E-state index < -0.39 is 0 Å². The number of halogens is 1. The lowest BCUT2D eigenvalue weighted by atomic mass is 10.0. The summed E-state index contributed by atoms with van der Waals surface area (Å²) in [5.41, 5.74) is 36.9. The number of aromatic nitrogens is 5. The van der Waals surface area contributed by atoms with E-state index in [9.17, 15) is 4.39 Å². The first-order valence-electron chi connectivity index (χ1n) is 28.0. The molecule has 0 saturated heterocycles. The van der Waals surface area contributed by atoms with Crippen LogP contribution in [0.4, 0.5) is 27.7 Å². The molecular weight excluding hydrogens is 1090 g/mol. The third-order valence-electron chi connectivity index (χ3n) is 13.9. The minimum Gasteiger partial charge on any atom is -0.383 e. The Morgan fingerprint density at radius 3 is 1.42 bits per heavy atom. The molecule has 426 valence electrons. The van der Waals surface area contributed by atoms with Gasteiger partial charge in [-0.3, -0.25) is 9.98 Å². The van der Waals surface area contributed by atoms with Crippen molar-refractivity contribution < 1.29 is 4.39 Å². The average molecular weight is 1150 g/mol. The predicted octanol–water partition coefficient (Wildman–Crippen LogP) is 10.7. The Bertz CT molecular complexity index is 4780. The molecule has 7 aromatic carbocycles. The van der Waals surface area contributed by atoms with Crippen LogP contribution in [0.15, 0.2) is 192 Å². The number of aliphatic imine (C=N–C) groups is 2. The van der Waals surface area contributed by atoms with Crippen LogP contribution >= 0.6 is 0 Å². The molecule has 0 saturated carbocycles. The molecule has 0 atom stereocenters. The van der Waals surface area contributed by atoms with Gasteiger partial charge in [0, 0.05) is 92.0 Å². The van der Waals surface area contributed by atoms with Gasteiger partial charge in [0.05, 0.1) is 52.5 Å². The molecule has 0 fully saturated rings. The van der Waals surface area contributed by atoms with Gasteiger partial charge >= 0.3 is 0 Å². The third kappa shape index (κ3) is 14.9. The van der Waals surface area contributed by atoms with Crippen molar-refractivity contribution in [2.75, 3.05) is 49.1 Å². The topological polar surface area (TPSA) is 241 Å². The quantitative estimate of drug-likeness (QED) is 0.0886. The second kappa shape index (κ2) is 27.8. The molecule has 6 heterocycles. The van der Waals surface area contributed by atoms with Crippen LogP contribution in [0.3, 0.4) is 0 Å². The lowest BCUT2D eigenvalue weighted by molar-refractivity contribution is 0.627. The summed E-state index contributed by atoms with van der Waals surface area (Å²) in [6, 6.07) is 53.2. The molecule has 0 bridgehead atoms. The van der Waals surface area contributed by atoms with Gasteiger partial charge in [-0.2, -0.15) is 5.26 Å². The van der Waals surface area contributed by atoms with Crippen molar-refractivity contribution in [1.29, 1.82) is 5.26 Å². The van der Waals surface area contributed by atoms with E-state index in [0.29, 0.717) is 40.0 Å². The maximum Gasteiger partial charge on any atom is 0.162 e. The van der Waals surface area contributed by atoms with E-state index in [1.807, 2.05) is 142 Å². The first-order valence-corrected chi connectivity index (χ1v) is 28.0. The zero-order chi connectivity index (χ0) is 61.4. The van der Waals surface area contributed by atoms with Crippen LogP contribution in [0.25, 0.3) is 32.4 Å². The Hall–Kier alpha value is -12.4. The molecule has 15 heteroatoms. The first-order chi connectivity index (χ1) is 42.8. The van der Waals surface area contributed by atoms with E-state index in [1.54, 1.807) is 42.9 Å². The minimum absolute atomic E-state index is 0.275. The maximum atomic E-state index is 12.9. The molecule has 14 nitrogen and oxygen atoms in total. The summed E-state index contributed by atoms with van der Waals surface area (Å²) in [5, 5.41) is 28.4. The van der Waals surface area contributed by atoms with E-state index in [-0.39, 0.29) is 5.82 Å². The fourth-order valence-electron chi connectivity index (χ4n) is 9.23. The number of nitriles is 1. The summed E-state index contributed by atoms with van der Waals surface area (Å²) in [6.45, 7) is 9.52. The molecule has 0 amide bonds. The number of nitrogens with zero attached hydrogens (tertiary/aromatic N) is 8. The maximum absolute atomic E-state index is 12.9. The van der Waals surface area contributed by atoms with Gasteiger partial charge in [-0.15, -0.1) is 10.2 Å². The zero-order valence-electron chi connectivity index (χ0n) is 48.4. The fourth-order valence-corrected chi connectivity index (χ4v) is 9.23. The van der Waals surface area contributed by atoms with Crippen LogP contribution in [0.1, 0.15) is 77.9 Å². The van der Waals surface area contributed by atoms with Crippen LogP contribution in [0.5, 0.6) is 0 Å². The highest BCUT2D eigenvalue weighted by molar-refractivity contribution is 6.00. The van der Waals surface area contributed by atoms with E-state index in [1.165, 1.54) is 12.1 Å². The van der Waals surface area contributed by atoms with Gasteiger partial charge in [0.2, 0.25) is 0 Å². The minimum atomic E-state index is -0.275. The van der Waals surface area contributed by atoms with Gasteiger partial charge in [0.25, 0.3) is 0 Å². The molecular formula is C73H57FN14. The Labute approximate surface area is 509 Å². The molecule has 88 heavy (non-hydrogen) atoms. The van der Waals surface area contributed by atoms with Gasteiger partial charge in [-0.1, -0.05) is 131 Å². The summed E-state index contributed by atoms with van der Waals surface area (Å²) in [5.74, 6) is 28.0. The lowest BCUT2D eigenvalue weighted by Crippen LogP contribution is -2.19. The first kappa shape index (κ1) is 58.8. The molecule has 2 aliphatic rings. The van der Waals surface area contributed by atoms with Crippen LogP contribution < -0.4 is 33.6 Å². The second-order valence-electron chi connectivity index (χ2n) is 20.3. The number of fused-ring (bicyclic) bond motifs is 3. The van der Waals surface area contributed by atoms with Crippen molar-refractivity contribution in [2.45, 2.75) is 20.8 Å². The number of hydrogen-bond donors (Lipinski definition) is 6. The Morgan fingerprint density at radius 2 is 0.909 bits per heavy atom. The molecule has 4 aromatic heterocycles. The highest BCUT2D eigenvalue weighted by atomic mass is 19.1. The monoisotopic (exact) mass is 1150 g/mol. The van der Waals surface area contributed by atoms with Crippen molar-refractivity contribution >= 4 is 67.4 Å². The standard InChI is InChI=1S/C19H15N5.C19H13N3.C18H13FN2.C17H16N4/c20-18-16(15-3-1-2-4-17(15)23-24-18)10-7-13-5-8-14(9-6-13)19-21-11-12-22-19;1-13-5-7-16-12-22-19(21)17(18(16)9-13)8-6-14-3-2-4-15(10-14)11-20;1-12-2-6-14-11-21-18(20)16(17(14)10-12)9-5-13-3-7-15(19)8-4-13;1-12-8-9-19-16(18)15(12)7-4-13-2-5-14(6-3-13)17-20-10-11-21-17/h1-6,8-9H,11-12H2,(H2,20,24)(H,21,22);2-5,7,9-10,12H,1H3,(H2,21,22);2-4,6-8,10-11H,1H3,(H2,20,21);2-3,5-6,8-9H,10-11H2,1H3,(H2,18,19)(H,20,21). The van der Waals surface area contributed by atoms with Crippen LogP contribution in [0.2, 0.25) is 0 Å². The van der Waals surface area contributed by atoms with Gasteiger partial charge < -0.3 is 33.6 Å². The van der Waals surface area contributed by atoms with Gasteiger partial charge in [0.1, 0.15) is 34.9 Å². The number of aryl methyl sites for hydroxylation is 3. The summed E-state index contributed by atoms with van der Waals surface area (Å²) in [4.78, 5) is 21.3. The second-order valence-corrected chi connectivity index (χ2v) is 20.3. The summed E-state index contributed by atoms with van der Waals surface area (Å²) >= 11 is 0. The van der Waals surface area contributed by atoms with Crippen molar-refractivity contribution in [3.8, 4) is 53.4 Å². The Morgan fingerprint density at radius 1 is 0.432 bits per heavy atom. The highest BCUT2D eigenvalue weighted by Crippen LogP contribution is 2.25. The largest absolute Gasteiger partial charge is 0.383 e. The molecule has 0 spiro atoms. The summed E-state index contributed by atoms with van der Waals surface area (Å²) < 4.78 is 12.9. The van der Waals surface area contributed by atoms with E-state index in [4.69, 9.17) is 28.2 Å². The molecule has 10 N–H and O–H groups in total. The normalized spacial score (nSPS) is 11.6. The number of rotatable bonds is 2. The van der Waals surface area contributed by atoms with Crippen LogP contribution in [-0.4, -0.2) is 63.0 Å². The fraction of sp³-hybridized carbons (Fsp3) is 0.0959. The SMILES string of the molecule is Cc1ccc2cnc(N)c(C#Cc3ccc(F)cc3)c2c1.Cc1ccc2cnc(N)c(C#Cc3cccc(C#N)c3)c2c1.Cc1ccnc(N)c1C#Cc1ccc(C2=NCCN2)cc1.Nc1nnc2ccccc2c1C#Cc1ccc(C2=NCCN2)cc1. The van der Waals surface area contributed by atoms with Gasteiger partial charge in [0.15, 0.2) is 5.82 Å². The average Bonchev–Trinajstić information content (AvgIpc) is 3.87. The van der Waals surface area contributed by atoms with Crippen molar-refractivity contribution in [3.05, 3.63) is 266 Å². The zero-order valence-corrected chi connectivity index (χ0v) is 48.4. The molecule has 0 aliphatic carbocycles. The van der Waals surface area contributed by atoms with Gasteiger partial charge in [-0.05, 0) is 117 Å². The smallest absolute Gasteiger partial charge is 0.162 e. The number of nitrogen functional groups attached to an aromatic ring is 4. The highest BCUT2D eigenvalue weighted by Gasteiger charge is 2.11. The number of nitrogens with two attached hydrogens (primary N) is 4. The number of amidine groups is 2. The predicted molar refractivity (Wildman–Crippen MR) is 352 cm³/mol.